The molecule has 0 spiro atoms. The summed E-state index contributed by atoms with van der Waals surface area (Å²) in [5.41, 5.74) is 5.09. The first-order valence-corrected chi connectivity index (χ1v) is 8.59. The molecule has 0 N–H and O–H groups in total. The van der Waals surface area contributed by atoms with E-state index in [1.807, 2.05) is 6.20 Å². The number of rotatable bonds is 3. The standard InChI is InChI=1S/C20H24N4/c1-22(2)24-18-8-5-4-7-15(18)13-20(24)16-10-11-21-14-17(16)19-9-6-12-23(19)3/h4-5,7-8,10-11,13-14,19H,6,9,12H2,1-3H3/t19-/m0/s1. The second-order valence-electron chi connectivity index (χ2n) is 6.85. The summed E-state index contributed by atoms with van der Waals surface area (Å²) in [6, 6.07) is 13.5. The van der Waals surface area contributed by atoms with Gasteiger partial charge in [-0.1, -0.05) is 18.2 Å². The highest BCUT2D eigenvalue weighted by atomic mass is 15.5. The molecule has 1 atom stereocenters. The van der Waals surface area contributed by atoms with Gasteiger partial charge in [0, 0.05) is 43.5 Å². The van der Waals surface area contributed by atoms with Crippen molar-refractivity contribution in [3.8, 4) is 11.3 Å². The quantitative estimate of drug-likeness (QED) is 0.736. The van der Waals surface area contributed by atoms with Gasteiger partial charge in [0.2, 0.25) is 0 Å². The van der Waals surface area contributed by atoms with E-state index in [1.54, 1.807) is 0 Å². The fourth-order valence-corrected chi connectivity index (χ4v) is 3.97. The second-order valence-corrected chi connectivity index (χ2v) is 6.85. The fourth-order valence-electron chi connectivity index (χ4n) is 3.97. The van der Waals surface area contributed by atoms with Crippen LogP contribution in [0.2, 0.25) is 0 Å². The van der Waals surface area contributed by atoms with Crippen molar-refractivity contribution in [2.45, 2.75) is 18.9 Å². The zero-order valence-corrected chi connectivity index (χ0v) is 14.6. The number of likely N-dealkylation sites (tertiary alicyclic amines) is 1. The fraction of sp³-hybridized carbons (Fsp3) is 0.350. The maximum Gasteiger partial charge on any atom is 0.0712 e. The van der Waals surface area contributed by atoms with E-state index in [0.717, 1.165) is 6.54 Å². The number of para-hydroxylation sites is 1. The van der Waals surface area contributed by atoms with Gasteiger partial charge in [0.15, 0.2) is 0 Å². The van der Waals surface area contributed by atoms with Gasteiger partial charge >= 0.3 is 0 Å². The number of pyridine rings is 1. The van der Waals surface area contributed by atoms with Crippen LogP contribution >= 0.6 is 0 Å². The molecule has 4 nitrogen and oxygen atoms in total. The van der Waals surface area contributed by atoms with E-state index < -0.39 is 0 Å². The summed E-state index contributed by atoms with van der Waals surface area (Å²) >= 11 is 0. The molecule has 2 aromatic heterocycles. The third-order valence-electron chi connectivity index (χ3n) is 5.09. The van der Waals surface area contributed by atoms with Crippen molar-refractivity contribution in [2.24, 2.45) is 0 Å². The Bertz CT molecular complexity index is 865. The van der Waals surface area contributed by atoms with E-state index in [-0.39, 0.29) is 0 Å². The zero-order chi connectivity index (χ0) is 16.7. The van der Waals surface area contributed by atoms with Gasteiger partial charge in [-0.25, -0.2) is 0 Å². The van der Waals surface area contributed by atoms with E-state index in [2.05, 4.69) is 83.3 Å². The van der Waals surface area contributed by atoms with E-state index in [1.165, 1.54) is 40.6 Å². The van der Waals surface area contributed by atoms with Crippen LogP contribution in [0, 0.1) is 0 Å². The Morgan fingerprint density at radius 1 is 1.17 bits per heavy atom. The van der Waals surface area contributed by atoms with Crippen LogP contribution in [0.15, 0.2) is 48.8 Å². The Hall–Kier alpha value is -2.33. The second kappa shape index (κ2) is 5.95. The Kier molecular flexibility index (Phi) is 3.77. The SMILES string of the molecule is CN1CCC[C@H]1c1cnccc1-c1cc2ccccc2n1N(C)C. The summed E-state index contributed by atoms with van der Waals surface area (Å²) in [5.74, 6) is 0. The molecule has 1 fully saturated rings. The Labute approximate surface area is 143 Å². The zero-order valence-electron chi connectivity index (χ0n) is 14.6. The van der Waals surface area contributed by atoms with Crippen LogP contribution in [0.25, 0.3) is 22.2 Å². The average Bonchev–Trinajstić information content (AvgIpc) is 3.18. The summed E-state index contributed by atoms with van der Waals surface area (Å²) in [4.78, 5) is 6.88. The highest BCUT2D eigenvalue weighted by molar-refractivity contribution is 5.88. The van der Waals surface area contributed by atoms with Gasteiger partial charge in [0.25, 0.3) is 0 Å². The van der Waals surface area contributed by atoms with E-state index in [4.69, 9.17) is 0 Å². The Morgan fingerprint density at radius 3 is 2.75 bits per heavy atom. The molecule has 0 amide bonds. The van der Waals surface area contributed by atoms with Crippen molar-refractivity contribution in [3.63, 3.8) is 0 Å². The third kappa shape index (κ3) is 2.38. The molecule has 4 heteroatoms. The first kappa shape index (κ1) is 15.2. The molecule has 0 radical (unpaired) electrons. The molecule has 0 bridgehead atoms. The van der Waals surface area contributed by atoms with Crippen LogP contribution in [0.5, 0.6) is 0 Å². The summed E-state index contributed by atoms with van der Waals surface area (Å²) in [5, 5.41) is 3.42. The molecule has 4 rings (SSSR count). The maximum absolute atomic E-state index is 4.43. The largest absolute Gasteiger partial charge is 0.318 e. The lowest BCUT2D eigenvalue weighted by atomic mass is 9.99. The third-order valence-corrected chi connectivity index (χ3v) is 5.09. The van der Waals surface area contributed by atoms with Crippen molar-refractivity contribution in [3.05, 3.63) is 54.4 Å². The summed E-state index contributed by atoms with van der Waals surface area (Å²) in [7, 11) is 6.41. The number of hydrogen-bond acceptors (Lipinski definition) is 3. The predicted octanol–water partition coefficient (Wildman–Crippen LogP) is 3.67. The van der Waals surface area contributed by atoms with Crippen LogP contribution in [0.3, 0.4) is 0 Å². The minimum atomic E-state index is 0.460. The molecule has 124 valence electrons. The maximum atomic E-state index is 4.43. The van der Waals surface area contributed by atoms with Gasteiger partial charge < -0.3 is 5.01 Å². The molecular formula is C20H24N4. The number of nitrogens with zero attached hydrogens (tertiary/aromatic N) is 4. The van der Waals surface area contributed by atoms with Crippen molar-refractivity contribution >= 4 is 10.9 Å². The number of hydrogen-bond donors (Lipinski definition) is 0. The molecule has 3 aromatic rings. The van der Waals surface area contributed by atoms with Gasteiger partial charge in [0.1, 0.15) is 0 Å². The highest BCUT2D eigenvalue weighted by Crippen LogP contribution is 2.38. The lowest BCUT2D eigenvalue weighted by molar-refractivity contribution is 0.317. The van der Waals surface area contributed by atoms with E-state index in [9.17, 15) is 0 Å². The Morgan fingerprint density at radius 2 is 2.00 bits per heavy atom. The summed E-state index contributed by atoms with van der Waals surface area (Å²) in [6.45, 7) is 1.16. The number of aromatic nitrogens is 2. The van der Waals surface area contributed by atoms with Crippen LogP contribution in [0.4, 0.5) is 0 Å². The highest BCUT2D eigenvalue weighted by Gasteiger charge is 2.26. The Balaban J connectivity index is 1.94. The topological polar surface area (TPSA) is 24.3 Å². The van der Waals surface area contributed by atoms with E-state index in [0.29, 0.717) is 6.04 Å². The monoisotopic (exact) mass is 320 g/mol. The molecule has 1 aliphatic rings. The van der Waals surface area contributed by atoms with Gasteiger partial charge in [-0.3, -0.25) is 14.6 Å². The summed E-state index contributed by atoms with van der Waals surface area (Å²) in [6.07, 6.45) is 6.43. The lowest BCUT2D eigenvalue weighted by Gasteiger charge is -2.25. The minimum Gasteiger partial charge on any atom is -0.318 e. The van der Waals surface area contributed by atoms with Crippen molar-refractivity contribution < 1.29 is 0 Å². The van der Waals surface area contributed by atoms with Crippen molar-refractivity contribution in [1.82, 2.24) is 14.6 Å². The van der Waals surface area contributed by atoms with Crippen LogP contribution in [-0.2, 0) is 0 Å². The van der Waals surface area contributed by atoms with E-state index >= 15 is 0 Å². The van der Waals surface area contributed by atoms with Crippen LogP contribution in [0.1, 0.15) is 24.4 Å². The summed E-state index contributed by atoms with van der Waals surface area (Å²) < 4.78 is 2.29. The first-order chi connectivity index (χ1) is 11.7. The normalized spacial score (nSPS) is 18.4. The number of fused-ring (bicyclic) bond motifs is 1. The smallest absolute Gasteiger partial charge is 0.0712 e. The van der Waals surface area contributed by atoms with Gasteiger partial charge in [-0.15, -0.1) is 0 Å². The molecule has 0 aliphatic carbocycles. The molecule has 3 heterocycles. The molecule has 1 aromatic carbocycles. The molecule has 1 saturated heterocycles. The molecular weight excluding hydrogens is 296 g/mol. The molecule has 1 aliphatic heterocycles. The van der Waals surface area contributed by atoms with Crippen molar-refractivity contribution in [1.29, 1.82) is 0 Å². The average molecular weight is 320 g/mol. The van der Waals surface area contributed by atoms with Crippen LogP contribution < -0.4 is 5.01 Å². The van der Waals surface area contributed by atoms with Gasteiger partial charge in [0.05, 0.1) is 11.2 Å². The first-order valence-electron chi connectivity index (χ1n) is 8.59. The predicted molar refractivity (Wildman–Crippen MR) is 99.8 cm³/mol. The minimum absolute atomic E-state index is 0.460. The molecule has 0 unspecified atom stereocenters. The number of benzene rings is 1. The lowest BCUT2D eigenvalue weighted by Crippen LogP contribution is -2.26. The van der Waals surface area contributed by atoms with Crippen LogP contribution in [-0.4, -0.2) is 42.2 Å². The molecule has 0 saturated carbocycles. The van der Waals surface area contributed by atoms with Crippen molar-refractivity contribution in [2.75, 3.05) is 32.7 Å². The van der Waals surface area contributed by atoms with Gasteiger partial charge in [-0.05, 0) is 50.2 Å². The van der Waals surface area contributed by atoms with Gasteiger partial charge in [-0.2, -0.15) is 0 Å². The molecule has 24 heavy (non-hydrogen) atoms.